The minimum Gasteiger partial charge on any atom is -0.507 e. The van der Waals surface area contributed by atoms with Crippen LogP contribution in [0.15, 0.2) is 23.8 Å². The predicted octanol–water partition coefficient (Wildman–Crippen LogP) is 3.84. The number of benzene rings is 1. The van der Waals surface area contributed by atoms with Gasteiger partial charge in [0.05, 0.1) is 16.3 Å². The van der Waals surface area contributed by atoms with Crippen LogP contribution in [-0.4, -0.2) is 46.4 Å². The molecule has 1 aromatic rings. The van der Waals surface area contributed by atoms with Crippen LogP contribution in [0.4, 0.5) is 5.69 Å². The summed E-state index contributed by atoms with van der Waals surface area (Å²) in [4.78, 5) is 30.6. The van der Waals surface area contributed by atoms with Crippen LogP contribution in [-0.2, 0) is 20.0 Å². The average molecular weight is 519 g/mol. The zero-order valence-electron chi connectivity index (χ0n) is 21.1. The van der Waals surface area contributed by atoms with Crippen LogP contribution in [0.25, 0.3) is 0 Å². The van der Waals surface area contributed by atoms with E-state index < -0.39 is 23.3 Å². The number of aliphatic carboxylic acids is 1. The highest BCUT2D eigenvalue weighted by Crippen LogP contribution is 2.63. The number of anilines is 1. The molecule has 1 aromatic carbocycles. The number of rotatable bonds is 4. The van der Waals surface area contributed by atoms with E-state index in [0.717, 1.165) is 24.7 Å². The van der Waals surface area contributed by atoms with E-state index in [-0.39, 0.29) is 58.3 Å². The number of carbonyl (C=O) groups excluding carboxylic acids is 1. The summed E-state index contributed by atoms with van der Waals surface area (Å²) in [6.07, 6.45) is 5.55. The molecule has 4 aliphatic rings. The third-order valence-electron chi connectivity index (χ3n) is 9.36. The number of fused-ring (bicyclic) bond motifs is 4. The van der Waals surface area contributed by atoms with E-state index in [1.165, 1.54) is 17.2 Å². The molecule has 2 fully saturated rings. The van der Waals surface area contributed by atoms with Crippen molar-refractivity contribution in [1.82, 2.24) is 5.32 Å². The summed E-state index contributed by atoms with van der Waals surface area (Å²) in [6, 6.07) is 1.86. The molecule has 9 heteroatoms. The molecule has 36 heavy (non-hydrogen) atoms. The molecule has 2 aliphatic heterocycles. The van der Waals surface area contributed by atoms with Crippen molar-refractivity contribution in [3.8, 4) is 5.75 Å². The quantitative estimate of drug-likeness (QED) is 0.350. The largest absolute Gasteiger partial charge is 0.507 e. The maximum Gasteiger partial charge on any atom is 0.320 e. The Morgan fingerprint density at radius 2 is 2.08 bits per heavy atom. The fourth-order valence-corrected chi connectivity index (χ4v) is 8.12. The number of carbonyl (C=O) groups is 2. The molecular formula is C27H35ClN2O6. The maximum atomic E-state index is 12.5. The van der Waals surface area contributed by atoms with Crippen molar-refractivity contribution < 1.29 is 29.7 Å². The standard InChI is InChI=1S/C27H35ClN2O6/c1-13-9-17-16(15(3)12-31)6-5-14(2)22(17)18(10-13)27-26(35,11-20(29-27)25(33)34)23-21(32)8-7-19(28)24(23)30(4)36-27/h7-9,12,14-18,20,22,29,32,35H,5-6,10-11H2,1-4H3,(H,33,34)/t14?,15?,16?,17?,18?,20-,22?,26+,27+/m0/s1. The van der Waals surface area contributed by atoms with Crippen LogP contribution in [0.1, 0.15) is 52.0 Å². The van der Waals surface area contributed by atoms with Crippen LogP contribution >= 0.6 is 11.6 Å². The number of hydroxylamine groups is 1. The van der Waals surface area contributed by atoms with Gasteiger partial charge < -0.3 is 20.1 Å². The Morgan fingerprint density at radius 3 is 2.75 bits per heavy atom. The van der Waals surface area contributed by atoms with Gasteiger partial charge in [0.2, 0.25) is 0 Å². The fraction of sp³-hybridized carbons (Fsp3) is 0.630. The van der Waals surface area contributed by atoms with E-state index in [1.54, 1.807) is 7.05 Å². The molecule has 1 saturated heterocycles. The van der Waals surface area contributed by atoms with Crippen molar-refractivity contribution in [2.24, 2.45) is 35.5 Å². The number of allylic oxidation sites excluding steroid dienone is 2. The van der Waals surface area contributed by atoms with Crippen molar-refractivity contribution in [2.75, 3.05) is 12.1 Å². The second kappa shape index (κ2) is 8.72. The summed E-state index contributed by atoms with van der Waals surface area (Å²) in [6.45, 7) is 6.19. The number of phenols is 1. The zero-order chi connectivity index (χ0) is 26.2. The summed E-state index contributed by atoms with van der Waals surface area (Å²) >= 11 is 6.50. The molecule has 4 N–H and O–H groups in total. The number of phenolic OH excluding ortho intramolecular Hbond substituents is 1. The Labute approximate surface area is 216 Å². The predicted molar refractivity (Wildman–Crippen MR) is 134 cm³/mol. The summed E-state index contributed by atoms with van der Waals surface area (Å²) in [5.41, 5.74) is -1.76. The number of hydrogen-bond donors (Lipinski definition) is 4. The molecule has 0 aromatic heterocycles. The molecule has 8 nitrogen and oxygen atoms in total. The number of halogens is 1. The summed E-state index contributed by atoms with van der Waals surface area (Å²) in [5, 5.41) is 38.5. The molecule has 2 heterocycles. The van der Waals surface area contributed by atoms with Crippen LogP contribution in [0.3, 0.4) is 0 Å². The Balaban J connectivity index is 1.72. The van der Waals surface area contributed by atoms with Gasteiger partial charge in [-0.25, -0.2) is 4.84 Å². The highest BCUT2D eigenvalue weighted by atomic mass is 35.5. The smallest absolute Gasteiger partial charge is 0.320 e. The van der Waals surface area contributed by atoms with Gasteiger partial charge in [-0.05, 0) is 55.6 Å². The summed E-state index contributed by atoms with van der Waals surface area (Å²) < 4.78 is 0. The Hall–Kier alpha value is -2.13. The van der Waals surface area contributed by atoms with Gasteiger partial charge in [0.25, 0.3) is 0 Å². The van der Waals surface area contributed by atoms with Gasteiger partial charge in [-0.15, -0.1) is 0 Å². The molecule has 1 saturated carbocycles. The first-order chi connectivity index (χ1) is 16.9. The number of aliphatic hydroxyl groups is 1. The number of hydrogen-bond acceptors (Lipinski definition) is 7. The zero-order valence-corrected chi connectivity index (χ0v) is 21.8. The number of nitrogens with one attached hydrogen (secondary N) is 1. The van der Waals surface area contributed by atoms with Crippen molar-refractivity contribution in [3.63, 3.8) is 0 Å². The highest BCUT2D eigenvalue weighted by Gasteiger charge is 2.71. The van der Waals surface area contributed by atoms with E-state index in [2.05, 4.69) is 18.3 Å². The lowest BCUT2D eigenvalue weighted by Gasteiger charge is -2.58. The maximum absolute atomic E-state index is 12.5. The second-order valence-electron chi connectivity index (χ2n) is 11.4. The number of aromatic hydroxyl groups is 1. The first kappa shape index (κ1) is 25.5. The van der Waals surface area contributed by atoms with Gasteiger partial charge in [-0.3, -0.25) is 15.2 Å². The van der Waals surface area contributed by atoms with Gasteiger partial charge in [-0.2, -0.15) is 0 Å². The lowest BCUT2D eigenvalue weighted by atomic mass is 9.53. The van der Waals surface area contributed by atoms with E-state index in [9.17, 15) is 24.9 Å². The van der Waals surface area contributed by atoms with E-state index in [4.69, 9.17) is 16.4 Å². The first-order valence-electron chi connectivity index (χ1n) is 12.8. The first-order valence-corrected chi connectivity index (χ1v) is 13.1. The van der Waals surface area contributed by atoms with E-state index in [0.29, 0.717) is 12.1 Å². The van der Waals surface area contributed by atoms with Crippen LogP contribution in [0.5, 0.6) is 5.75 Å². The molecule has 0 amide bonds. The second-order valence-corrected chi connectivity index (χ2v) is 11.8. The molecule has 0 spiro atoms. The van der Waals surface area contributed by atoms with Crippen molar-refractivity contribution in [2.45, 2.75) is 63.8 Å². The minimum absolute atomic E-state index is 0.0256. The number of carboxylic acid groups (broad SMARTS) is 1. The molecule has 6 unspecified atom stereocenters. The SMILES string of the molecule is CC1=CC2C(C(C)C=O)CCC(C)C2C([C@]23N[C@H](C(=O)O)C[C@@]2(O)c2c(O)ccc(Cl)c2N(C)O3)C1. The van der Waals surface area contributed by atoms with Crippen molar-refractivity contribution >= 4 is 29.5 Å². The lowest BCUT2D eigenvalue weighted by Crippen LogP contribution is -2.69. The van der Waals surface area contributed by atoms with Crippen LogP contribution in [0, 0.1) is 35.5 Å². The highest BCUT2D eigenvalue weighted by molar-refractivity contribution is 6.33. The fourth-order valence-electron chi connectivity index (χ4n) is 7.84. The number of aldehydes is 1. The van der Waals surface area contributed by atoms with Crippen molar-refractivity contribution in [1.29, 1.82) is 0 Å². The summed E-state index contributed by atoms with van der Waals surface area (Å²) in [5.74, 6) is -1.19. The topological polar surface area (TPSA) is 119 Å². The molecule has 9 atom stereocenters. The molecule has 5 rings (SSSR count). The van der Waals surface area contributed by atoms with Crippen LogP contribution < -0.4 is 10.4 Å². The minimum atomic E-state index is -1.86. The monoisotopic (exact) mass is 518 g/mol. The molecule has 0 bridgehead atoms. The third kappa shape index (κ3) is 3.45. The molecule has 2 aliphatic carbocycles. The third-order valence-corrected chi connectivity index (χ3v) is 9.67. The molecule has 196 valence electrons. The number of carboxylic acids is 1. The lowest BCUT2D eigenvalue weighted by molar-refractivity contribution is -0.245. The molecular weight excluding hydrogens is 484 g/mol. The molecule has 0 radical (unpaired) electrons. The van der Waals surface area contributed by atoms with Crippen molar-refractivity contribution in [3.05, 3.63) is 34.4 Å². The van der Waals surface area contributed by atoms with Gasteiger partial charge in [0.1, 0.15) is 23.7 Å². The van der Waals surface area contributed by atoms with Gasteiger partial charge in [0.15, 0.2) is 5.72 Å². The van der Waals surface area contributed by atoms with Gasteiger partial charge in [-0.1, -0.05) is 43.5 Å². The van der Waals surface area contributed by atoms with Gasteiger partial charge in [0, 0.05) is 25.3 Å². The number of nitrogens with zero attached hydrogens (tertiary/aromatic N) is 1. The Kier molecular flexibility index (Phi) is 6.18. The van der Waals surface area contributed by atoms with E-state index in [1.807, 2.05) is 13.8 Å². The van der Waals surface area contributed by atoms with E-state index >= 15 is 0 Å². The average Bonchev–Trinajstić information content (AvgIpc) is 3.14. The Bertz CT molecular complexity index is 1130. The normalized spacial score (nSPS) is 40.5. The van der Waals surface area contributed by atoms with Gasteiger partial charge >= 0.3 is 5.97 Å². The summed E-state index contributed by atoms with van der Waals surface area (Å²) in [7, 11) is 1.66. The Morgan fingerprint density at radius 1 is 1.36 bits per heavy atom. The van der Waals surface area contributed by atoms with Crippen LogP contribution in [0.2, 0.25) is 5.02 Å².